The lowest BCUT2D eigenvalue weighted by atomic mass is 10.1. The van der Waals surface area contributed by atoms with E-state index in [0.717, 1.165) is 19.5 Å². The molecule has 1 rings (SSSR count). The summed E-state index contributed by atoms with van der Waals surface area (Å²) in [5, 5.41) is 3.49. The lowest BCUT2D eigenvalue weighted by Gasteiger charge is -2.07. The summed E-state index contributed by atoms with van der Waals surface area (Å²) in [7, 11) is 0. The van der Waals surface area contributed by atoms with Gasteiger partial charge in [-0.25, -0.2) is 0 Å². The van der Waals surface area contributed by atoms with Crippen molar-refractivity contribution in [1.29, 1.82) is 0 Å². The Bertz CT molecular complexity index is 304. The molecule has 1 nitrogen and oxygen atoms in total. The Hall–Kier alpha value is -1.08. The van der Waals surface area contributed by atoms with E-state index in [4.69, 9.17) is 0 Å². The maximum atomic E-state index is 3.73. The Morgan fingerprint density at radius 1 is 1.19 bits per heavy atom. The molecule has 0 aliphatic heterocycles. The number of hydrogen-bond acceptors (Lipinski definition) is 1. The number of aryl methyl sites for hydroxylation is 1. The molecule has 0 atom stereocenters. The Morgan fingerprint density at radius 3 is 2.75 bits per heavy atom. The Kier molecular flexibility index (Phi) is 6.59. The van der Waals surface area contributed by atoms with Gasteiger partial charge in [-0.1, -0.05) is 36.8 Å². The molecular formula is C15H23N. The van der Waals surface area contributed by atoms with E-state index >= 15 is 0 Å². The van der Waals surface area contributed by atoms with Gasteiger partial charge >= 0.3 is 0 Å². The summed E-state index contributed by atoms with van der Waals surface area (Å²) in [6.45, 7) is 8.01. The van der Waals surface area contributed by atoms with E-state index in [1.165, 1.54) is 30.4 Å². The Labute approximate surface area is 99.6 Å². The topological polar surface area (TPSA) is 12.0 Å². The fraction of sp³-hybridized carbons (Fsp3) is 0.467. The number of rotatable bonds is 8. The van der Waals surface area contributed by atoms with Gasteiger partial charge in [0.1, 0.15) is 0 Å². The molecule has 88 valence electrons. The smallest absolute Gasteiger partial charge is 0.0208 e. The molecule has 16 heavy (non-hydrogen) atoms. The van der Waals surface area contributed by atoms with Gasteiger partial charge in [0.15, 0.2) is 0 Å². The van der Waals surface area contributed by atoms with Crippen molar-refractivity contribution in [3.05, 3.63) is 48.0 Å². The molecule has 1 N–H and O–H groups in total. The van der Waals surface area contributed by atoms with Crippen LogP contribution < -0.4 is 5.32 Å². The zero-order valence-electron chi connectivity index (χ0n) is 10.3. The van der Waals surface area contributed by atoms with Gasteiger partial charge in [0.2, 0.25) is 0 Å². The zero-order valence-corrected chi connectivity index (χ0v) is 10.3. The molecule has 0 unspecified atom stereocenters. The Morgan fingerprint density at radius 2 is 2.00 bits per heavy atom. The second kappa shape index (κ2) is 8.12. The van der Waals surface area contributed by atoms with Crippen molar-refractivity contribution in [3.8, 4) is 0 Å². The van der Waals surface area contributed by atoms with Crippen LogP contribution in [0.3, 0.4) is 0 Å². The molecule has 0 aliphatic carbocycles. The first-order valence-corrected chi connectivity index (χ1v) is 6.20. The molecule has 0 heterocycles. The number of benzene rings is 1. The monoisotopic (exact) mass is 217 g/mol. The minimum absolute atomic E-state index is 0.994. The van der Waals surface area contributed by atoms with Crippen LogP contribution in [0, 0.1) is 6.92 Å². The molecule has 0 aromatic heterocycles. The SMILES string of the molecule is C=CCCCCCNCc1ccccc1C. The Balaban J connectivity index is 2.07. The van der Waals surface area contributed by atoms with E-state index in [-0.39, 0.29) is 0 Å². The molecule has 1 aromatic rings. The van der Waals surface area contributed by atoms with Gasteiger partial charge in [0.25, 0.3) is 0 Å². The van der Waals surface area contributed by atoms with Crippen LogP contribution in [0.1, 0.15) is 36.8 Å². The molecule has 0 spiro atoms. The molecule has 0 fully saturated rings. The van der Waals surface area contributed by atoms with Gasteiger partial charge in [0.05, 0.1) is 0 Å². The van der Waals surface area contributed by atoms with Crippen LogP contribution in [0.5, 0.6) is 0 Å². The fourth-order valence-electron chi connectivity index (χ4n) is 1.75. The van der Waals surface area contributed by atoms with Gasteiger partial charge in [-0.05, 0) is 43.9 Å². The van der Waals surface area contributed by atoms with Crippen LogP contribution in [0.25, 0.3) is 0 Å². The number of hydrogen-bond donors (Lipinski definition) is 1. The average molecular weight is 217 g/mol. The third-order valence-electron chi connectivity index (χ3n) is 2.84. The third kappa shape index (κ3) is 5.13. The summed E-state index contributed by atoms with van der Waals surface area (Å²) in [4.78, 5) is 0. The van der Waals surface area contributed by atoms with Crippen molar-refractivity contribution in [2.45, 2.75) is 39.2 Å². The molecule has 0 radical (unpaired) electrons. The summed E-state index contributed by atoms with van der Waals surface area (Å²) < 4.78 is 0. The summed E-state index contributed by atoms with van der Waals surface area (Å²) in [6.07, 6.45) is 6.99. The highest BCUT2D eigenvalue weighted by Gasteiger charge is 1.95. The fourth-order valence-corrected chi connectivity index (χ4v) is 1.75. The van der Waals surface area contributed by atoms with E-state index in [1.54, 1.807) is 0 Å². The molecule has 0 aliphatic rings. The molecule has 1 heteroatoms. The van der Waals surface area contributed by atoms with Gasteiger partial charge in [0, 0.05) is 6.54 Å². The van der Waals surface area contributed by atoms with E-state index < -0.39 is 0 Å². The zero-order chi connectivity index (χ0) is 11.6. The average Bonchev–Trinajstić information content (AvgIpc) is 2.30. The molecule has 1 aromatic carbocycles. The first kappa shape index (κ1) is 13.0. The van der Waals surface area contributed by atoms with Crippen molar-refractivity contribution >= 4 is 0 Å². The summed E-state index contributed by atoms with van der Waals surface area (Å²) in [5.41, 5.74) is 2.79. The highest BCUT2D eigenvalue weighted by atomic mass is 14.8. The maximum absolute atomic E-state index is 3.73. The van der Waals surface area contributed by atoms with Crippen molar-refractivity contribution in [3.63, 3.8) is 0 Å². The lowest BCUT2D eigenvalue weighted by molar-refractivity contribution is 0.605. The molecule has 0 bridgehead atoms. The normalized spacial score (nSPS) is 10.3. The second-order valence-corrected chi connectivity index (χ2v) is 4.24. The highest BCUT2D eigenvalue weighted by Crippen LogP contribution is 2.06. The standard InChI is InChI=1S/C15H23N/c1-3-4-5-6-9-12-16-13-15-11-8-7-10-14(15)2/h3,7-8,10-11,16H,1,4-6,9,12-13H2,2H3. The van der Waals surface area contributed by atoms with Crippen molar-refractivity contribution in [2.24, 2.45) is 0 Å². The van der Waals surface area contributed by atoms with Crippen LogP contribution in [0.4, 0.5) is 0 Å². The number of allylic oxidation sites excluding steroid dienone is 1. The van der Waals surface area contributed by atoms with Gasteiger partial charge in [-0.3, -0.25) is 0 Å². The van der Waals surface area contributed by atoms with Crippen LogP contribution in [0.2, 0.25) is 0 Å². The van der Waals surface area contributed by atoms with Crippen molar-refractivity contribution in [1.82, 2.24) is 5.32 Å². The van der Waals surface area contributed by atoms with E-state index in [0.29, 0.717) is 0 Å². The first-order valence-electron chi connectivity index (χ1n) is 6.20. The maximum Gasteiger partial charge on any atom is 0.0208 e. The minimum Gasteiger partial charge on any atom is -0.313 e. The molecule has 0 saturated heterocycles. The van der Waals surface area contributed by atoms with Crippen LogP contribution in [-0.4, -0.2) is 6.54 Å². The highest BCUT2D eigenvalue weighted by molar-refractivity contribution is 5.25. The quantitative estimate of drug-likeness (QED) is 0.515. The minimum atomic E-state index is 0.994. The largest absolute Gasteiger partial charge is 0.313 e. The first-order chi connectivity index (χ1) is 7.84. The summed E-state index contributed by atoms with van der Waals surface area (Å²) in [6, 6.07) is 8.56. The molecule has 0 saturated carbocycles. The van der Waals surface area contributed by atoms with Gasteiger partial charge < -0.3 is 5.32 Å². The van der Waals surface area contributed by atoms with Crippen LogP contribution in [-0.2, 0) is 6.54 Å². The van der Waals surface area contributed by atoms with Gasteiger partial charge in [-0.15, -0.1) is 6.58 Å². The summed E-state index contributed by atoms with van der Waals surface area (Å²) in [5.74, 6) is 0. The second-order valence-electron chi connectivity index (χ2n) is 4.24. The predicted octanol–water partition coefficient (Wildman–Crippen LogP) is 3.83. The third-order valence-corrected chi connectivity index (χ3v) is 2.84. The van der Waals surface area contributed by atoms with Gasteiger partial charge in [-0.2, -0.15) is 0 Å². The van der Waals surface area contributed by atoms with Crippen molar-refractivity contribution < 1.29 is 0 Å². The van der Waals surface area contributed by atoms with E-state index in [9.17, 15) is 0 Å². The van der Waals surface area contributed by atoms with E-state index in [1.807, 2.05) is 6.08 Å². The number of unbranched alkanes of at least 4 members (excludes halogenated alkanes) is 3. The molecular weight excluding hydrogens is 194 g/mol. The summed E-state index contributed by atoms with van der Waals surface area (Å²) >= 11 is 0. The lowest BCUT2D eigenvalue weighted by Crippen LogP contribution is -2.15. The predicted molar refractivity (Wildman–Crippen MR) is 71.6 cm³/mol. The van der Waals surface area contributed by atoms with Crippen LogP contribution in [0.15, 0.2) is 36.9 Å². The number of nitrogens with one attached hydrogen (secondary N) is 1. The van der Waals surface area contributed by atoms with Crippen LogP contribution >= 0.6 is 0 Å². The van der Waals surface area contributed by atoms with E-state index in [2.05, 4.69) is 43.1 Å². The van der Waals surface area contributed by atoms with Crippen molar-refractivity contribution in [2.75, 3.05) is 6.54 Å². The molecule has 0 amide bonds.